The summed E-state index contributed by atoms with van der Waals surface area (Å²) in [5.41, 5.74) is 0. The number of rotatable bonds is 16. The summed E-state index contributed by atoms with van der Waals surface area (Å²) in [5, 5.41) is 0. The van der Waals surface area contributed by atoms with Crippen molar-refractivity contribution in [2.75, 3.05) is 0 Å². The molecule has 0 aliphatic carbocycles. The van der Waals surface area contributed by atoms with Gasteiger partial charge in [0.05, 0.1) is 0 Å². The van der Waals surface area contributed by atoms with Crippen molar-refractivity contribution in [1.29, 1.82) is 0 Å². The number of hydrogen-bond acceptors (Lipinski definition) is 1. The monoisotopic (exact) mass is 374 g/mol. The minimum Gasteiger partial charge on any atom is 0 e. The zero-order valence-corrected chi connectivity index (χ0v) is 17.0. The fourth-order valence-electron chi connectivity index (χ4n) is 2.60. The maximum atomic E-state index is 10.1. The predicted molar refractivity (Wildman–Crippen MR) is 94.2 cm³/mol. The molecular weight excluding hydrogens is 338 g/mol. The van der Waals surface area contributed by atoms with E-state index < -0.39 is 0 Å². The van der Waals surface area contributed by atoms with Gasteiger partial charge in [0.25, 0.3) is 0 Å². The fourth-order valence-corrected chi connectivity index (χ4v) is 2.60. The van der Waals surface area contributed by atoms with E-state index in [1.165, 1.54) is 89.9 Å². The van der Waals surface area contributed by atoms with Gasteiger partial charge in [-0.1, -0.05) is 96.8 Å². The van der Waals surface area contributed by atoms with Gasteiger partial charge in [-0.25, -0.2) is 0 Å². The number of hydrogen-bond donors (Lipinski definition) is 0. The third-order valence-corrected chi connectivity index (χ3v) is 3.93. The number of carbonyl (C=O) groups excluding carboxylic acids is 1. The molecule has 0 atom stereocenters. The van der Waals surface area contributed by atoms with Crippen molar-refractivity contribution >= 4 is 44.0 Å². The molecule has 0 saturated carbocycles. The van der Waals surface area contributed by atoms with Gasteiger partial charge in [-0.15, -0.1) is 0 Å². The molecule has 0 aliphatic rings. The first-order valence-electron chi connectivity index (χ1n) is 8.85. The van der Waals surface area contributed by atoms with Crippen LogP contribution in [-0.4, -0.2) is 44.0 Å². The molecule has 0 N–H and O–H groups in total. The molecule has 0 rings (SSSR count). The largest absolute Gasteiger partial charge is 0 e. The minimum atomic E-state index is 0. The Bertz CT molecular complexity index is 177. The van der Waals surface area contributed by atoms with Gasteiger partial charge in [0.2, 0.25) is 0 Å². The van der Waals surface area contributed by atoms with Crippen molar-refractivity contribution in [2.45, 2.75) is 110 Å². The van der Waals surface area contributed by atoms with Gasteiger partial charge in [0.1, 0.15) is 6.29 Å². The normalized spacial score (nSPS) is 9.76. The minimum absolute atomic E-state index is 0. The third kappa shape index (κ3) is 26.7. The maximum absolute atomic E-state index is 10.1. The second-order valence-electron chi connectivity index (χ2n) is 5.91. The summed E-state index contributed by atoms with van der Waals surface area (Å²) >= 11 is 0. The Kier molecular flexibility index (Phi) is 34.5. The molecule has 0 aromatic heterocycles. The average Bonchev–Trinajstić information content (AvgIpc) is 2.43. The molecule has 21 heavy (non-hydrogen) atoms. The van der Waals surface area contributed by atoms with E-state index in [9.17, 15) is 4.79 Å². The molecule has 0 radical (unpaired) electrons. The van der Waals surface area contributed by atoms with Crippen LogP contribution in [0.25, 0.3) is 0 Å². The van der Waals surface area contributed by atoms with Crippen molar-refractivity contribution in [2.24, 2.45) is 0 Å². The number of aldehydes is 1. The van der Waals surface area contributed by atoms with Crippen molar-refractivity contribution < 1.29 is 24.3 Å². The van der Waals surface area contributed by atoms with Crippen LogP contribution in [-0.2, 0) is 24.3 Å². The molecule has 1 nitrogen and oxygen atoms in total. The van der Waals surface area contributed by atoms with Gasteiger partial charge in [-0.3, -0.25) is 0 Å². The summed E-state index contributed by atoms with van der Waals surface area (Å²) < 4.78 is 0. The quantitative estimate of drug-likeness (QED) is 0.197. The Morgan fingerprint density at radius 1 is 0.571 bits per heavy atom. The second-order valence-corrected chi connectivity index (χ2v) is 5.91. The molecular formula is C18H38CaOZn. The average molecular weight is 376 g/mol. The number of carbonyl (C=O) groups is 1. The summed E-state index contributed by atoms with van der Waals surface area (Å²) in [6.45, 7) is 2.28. The van der Waals surface area contributed by atoms with Crippen LogP contribution in [0.4, 0.5) is 0 Å². The molecule has 0 aromatic carbocycles. The van der Waals surface area contributed by atoms with E-state index in [0.29, 0.717) is 0 Å². The van der Waals surface area contributed by atoms with E-state index in [2.05, 4.69) is 6.92 Å². The summed E-state index contributed by atoms with van der Waals surface area (Å²) in [6.07, 6.45) is 22.6. The Morgan fingerprint density at radius 3 is 1.14 bits per heavy atom. The molecule has 0 heterocycles. The van der Waals surface area contributed by atoms with Crippen LogP contribution in [0.1, 0.15) is 110 Å². The first-order valence-corrected chi connectivity index (χ1v) is 8.85. The summed E-state index contributed by atoms with van der Waals surface area (Å²) in [7, 11) is 0. The Balaban J connectivity index is -0.00000162. The maximum Gasteiger partial charge on any atom is 0 e. The number of unbranched alkanes of at least 4 members (excludes halogenated alkanes) is 15. The first-order chi connectivity index (χ1) is 9.41. The van der Waals surface area contributed by atoms with Crippen LogP contribution in [0.2, 0.25) is 0 Å². The van der Waals surface area contributed by atoms with E-state index >= 15 is 0 Å². The summed E-state index contributed by atoms with van der Waals surface area (Å²) in [6, 6.07) is 0. The standard InChI is InChI=1S/C18H36O.Ca.Zn.2H/c1-2-3-4-5-6-7-8-9-10-11-12-13-14-15-16-17-18-19;;;;/h18H,2-17H2,1H3;;;;. The third-order valence-electron chi connectivity index (χ3n) is 3.93. The SMILES string of the molecule is CCCCCCCCCCCCCCCCCC=O.[CaH2].[Zn]. The van der Waals surface area contributed by atoms with Gasteiger partial charge in [-0.2, -0.15) is 0 Å². The van der Waals surface area contributed by atoms with Gasteiger partial charge < -0.3 is 4.79 Å². The van der Waals surface area contributed by atoms with E-state index in [-0.39, 0.29) is 57.2 Å². The second kappa shape index (κ2) is 26.5. The van der Waals surface area contributed by atoms with E-state index in [1.807, 2.05) is 0 Å². The van der Waals surface area contributed by atoms with E-state index in [0.717, 1.165) is 19.1 Å². The zero-order chi connectivity index (χ0) is 14.0. The Labute approximate surface area is 176 Å². The summed E-state index contributed by atoms with van der Waals surface area (Å²) in [4.78, 5) is 10.1. The van der Waals surface area contributed by atoms with Crippen LogP contribution < -0.4 is 0 Å². The molecule has 120 valence electrons. The van der Waals surface area contributed by atoms with Crippen molar-refractivity contribution in [3.8, 4) is 0 Å². The smallest absolute Gasteiger partial charge is 0 e. The fraction of sp³-hybridized carbons (Fsp3) is 0.944. The Morgan fingerprint density at radius 2 is 0.857 bits per heavy atom. The van der Waals surface area contributed by atoms with Crippen molar-refractivity contribution in [1.82, 2.24) is 0 Å². The van der Waals surface area contributed by atoms with Gasteiger partial charge in [0, 0.05) is 25.9 Å². The van der Waals surface area contributed by atoms with E-state index in [1.54, 1.807) is 0 Å². The van der Waals surface area contributed by atoms with Crippen molar-refractivity contribution in [3.63, 3.8) is 0 Å². The molecule has 0 spiro atoms. The van der Waals surface area contributed by atoms with Crippen LogP contribution in [0, 0.1) is 0 Å². The molecule has 0 amide bonds. The predicted octanol–water partition coefficient (Wildman–Crippen LogP) is 5.53. The molecule has 0 fully saturated rings. The first kappa shape index (κ1) is 27.4. The molecule has 3 heteroatoms. The summed E-state index contributed by atoms with van der Waals surface area (Å²) in [5.74, 6) is 0. The van der Waals surface area contributed by atoms with Gasteiger partial charge in [-0.05, 0) is 6.42 Å². The van der Waals surface area contributed by atoms with Crippen molar-refractivity contribution in [3.05, 3.63) is 0 Å². The molecule has 0 aromatic rings. The molecule has 0 aliphatic heterocycles. The van der Waals surface area contributed by atoms with Gasteiger partial charge >= 0.3 is 37.7 Å². The van der Waals surface area contributed by atoms with Crippen LogP contribution in [0.15, 0.2) is 0 Å². The molecule has 0 saturated heterocycles. The molecule has 0 unspecified atom stereocenters. The zero-order valence-electron chi connectivity index (χ0n) is 14.0. The van der Waals surface area contributed by atoms with E-state index in [4.69, 9.17) is 0 Å². The molecule has 0 bridgehead atoms. The van der Waals surface area contributed by atoms with Crippen LogP contribution in [0.5, 0.6) is 0 Å². The Hall–Kier alpha value is 1.55. The van der Waals surface area contributed by atoms with Crippen LogP contribution in [0.3, 0.4) is 0 Å². The topological polar surface area (TPSA) is 17.1 Å². The van der Waals surface area contributed by atoms with Gasteiger partial charge in [0.15, 0.2) is 0 Å². The van der Waals surface area contributed by atoms with Crippen LogP contribution >= 0.6 is 0 Å².